The minimum atomic E-state index is 0.378. The average Bonchev–Trinajstić information content (AvgIpc) is 2.05. The van der Waals surface area contributed by atoms with Crippen LogP contribution in [0, 0.1) is 0 Å². The summed E-state index contributed by atoms with van der Waals surface area (Å²) in [5.74, 6) is 1.29. The normalized spacial score (nSPS) is 14.6. The van der Waals surface area contributed by atoms with E-state index in [1.165, 1.54) is 0 Å². The number of nitrogens with zero attached hydrogens (tertiary/aromatic N) is 1. The molecule has 12 heavy (non-hydrogen) atoms. The van der Waals surface area contributed by atoms with E-state index in [0.717, 1.165) is 15.9 Å². The lowest BCUT2D eigenvalue weighted by Crippen LogP contribution is -2.23. The zero-order valence-electron chi connectivity index (χ0n) is 6.25. The molecule has 0 saturated heterocycles. The van der Waals surface area contributed by atoms with Crippen LogP contribution >= 0.6 is 15.9 Å². The van der Waals surface area contributed by atoms with E-state index in [4.69, 9.17) is 10.5 Å². The molecular formula is C8H7BrN2O. The fourth-order valence-electron chi connectivity index (χ4n) is 1.03. The van der Waals surface area contributed by atoms with E-state index in [2.05, 4.69) is 20.9 Å². The Hall–Kier alpha value is -1.03. The van der Waals surface area contributed by atoms with Crippen LogP contribution in [0.25, 0.3) is 0 Å². The topological polar surface area (TPSA) is 47.6 Å². The van der Waals surface area contributed by atoms with Crippen molar-refractivity contribution in [3.63, 3.8) is 0 Å². The molecule has 0 fully saturated rings. The van der Waals surface area contributed by atoms with E-state index in [1.54, 1.807) is 0 Å². The fourth-order valence-corrected chi connectivity index (χ4v) is 1.37. The summed E-state index contributed by atoms with van der Waals surface area (Å²) >= 11 is 3.35. The molecule has 0 spiro atoms. The number of fused-ring (bicyclic) bond motifs is 1. The lowest BCUT2D eigenvalue weighted by atomic mass is 10.3. The number of aliphatic imine (C=N–C) groups is 1. The summed E-state index contributed by atoms with van der Waals surface area (Å²) in [6, 6.07) is 5.65. The van der Waals surface area contributed by atoms with Gasteiger partial charge in [0.05, 0.1) is 0 Å². The van der Waals surface area contributed by atoms with E-state index in [9.17, 15) is 0 Å². The van der Waals surface area contributed by atoms with Crippen molar-refractivity contribution in [2.24, 2.45) is 10.7 Å². The number of benzene rings is 1. The monoisotopic (exact) mass is 226 g/mol. The predicted molar refractivity (Wildman–Crippen MR) is 50.9 cm³/mol. The van der Waals surface area contributed by atoms with Gasteiger partial charge in [0, 0.05) is 4.47 Å². The van der Waals surface area contributed by atoms with Gasteiger partial charge in [-0.05, 0) is 18.2 Å². The Balaban J connectivity index is 2.51. The molecule has 4 heteroatoms. The average molecular weight is 227 g/mol. The molecule has 0 unspecified atom stereocenters. The smallest absolute Gasteiger partial charge is 0.146 e. The van der Waals surface area contributed by atoms with Crippen molar-refractivity contribution in [2.45, 2.75) is 0 Å². The first-order chi connectivity index (χ1) is 5.75. The lowest BCUT2D eigenvalue weighted by Gasteiger charge is -2.14. The maximum atomic E-state index is 5.50. The predicted octanol–water partition coefficient (Wildman–Crippen LogP) is 1.83. The van der Waals surface area contributed by atoms with Crippen LogP contribution in [0.4, 0.5) is 5.69 Å². The Morgan fingerprint density at radius 2 is 2.33 bits per heavy atom. The van der Waals surface area contributed by atoms with Crippen molar-refractivity contribution in [3.05, 3.63) is 22.7 Å². The molecule has 0 atom stereocenters. The second-order valence-corrected chi connectivity index (χ2v) is 3.42. The summed E-state index contributed by atoms with van der Waals surface area (Å²) in [7, 11) is 0. The van der Waals surface area contributed by atoms with Gasteiger partial charge in [-0.15, -0.1) is 0 Å². The van der Waals surface area contributed by atoms with Crippen LogP contribution < -0.4 is 10.5 Å². The first kappa shape index (κ1) is 7.61. The van der Waals surface area contributed by atoms with Crippen LogP contribution in [0.2, 0.25) is 0 Å². The quantitative estimate of drug-likeness (QED) is 0.734. The van der Waals surface area contributed by atoms with Gasteiger partial charge in [-0.2, -0.15) is 0 Å². The van der Waals surface area contributed by atoms with Crippen LogP contribution in [0.1, 0.15) is 0 Å². The van der Waals surface area contributed by atoms with Gasteiger partial charge in [-0.1, -0.05) is 15.9 Å². The molecule has 2 rings (SSSR count). The van der Waals surface area contributed by atoms with E-state index in [-0.39, 0.29) is 0 Å². The van der Waals surface area contributed by atoms with E-state index in [0.29, 0.717) is 12.4 Å². The fraction of sp³-hybridized carbons (Fsp3) is 0.125. The number of rotatable bonds is 0. The molecule has 0 amide bonds. The highest BCUT2D eigenvalue weighted by Crippen LogP contribution is 2.32. The molecule has 1 aliphatic heterocycles. The van der Waals surface area contributed by atoms with Crippen molar-refractivity contribution in [1.29, 1.82) is 0 Å². The molecule has 62 valence electrons. The number of amidine groups is 1. The van der Waals surface area contributed by atoms with Crippen molar-refractivity contribution in [3.8, 4) is 5.75 Å². The summed E-state index contributed by atoms with van der Waals surface area (Å²) in [5.41, 5.74) is 6.29. The number of nitrogens with two attached hydrogens (primary N) is 1. The standard InChI is InChI=1S/C8H7BrN2O/c9-5-1-2-6-7(3-5)12-4-8(10)11-6/h1-3H,4H2,(H2,10,11). The molecule has 1 aromatic rings. The van der Waals surface area contributed by atoms with Crippen molar-refractivity contribution in [2.75, 3.05) is 6.61 Å². The van der Waals surface area contributed by atoms with Crippen LogP contribution in [-0.2, 0) is 0 Å². The van der Waals surface area contributed by atoms with E-state index < -0.39 is 0 Å². The van der Waals surface area contributed by atoms with Gasteiger partial charge in [0.1, 0.15) is 23.9 Å². The van der Waals surface area contributed by atoms with Crippen LogP contribution in [0.5, 0.6) is 5.75 Å². The third-order valence-electron chi connectivity index (χ3n) is 1.56. The number of ether oxygens (including phenoxy) is 1. The van der Waals surface area contributed by atoms with Gasteiger partial charge in [-0.25, -0.2) is 4.99 Å². The summed E-state index contributed by atoms with van der Waals surface area (Å²) in [5, 5.41) is 0. The highest BCUT2D eigenvalue weighted by Gasteiger charge is 2.10. The molecule has 0 saturated carbocycles. The van der Waals surface area contributed by atoms with Gasteiger partial charge >= 0.3 is 0 Å². The maximum absolute atomic E-state index is 5.50. The van der Waals surface area contributed by atoms with Gasteiger partial charge in [0.2, 0.25) is 0 Å². The van der Waals surface area contributed by atoms with Crippen LogP contribution in [-0.4, -0.2) is 12.4 Å². The largest absolute Gasteiger partial charge is 0.483 e. The van der Waals surface area contributed by atoms with Crippen molar-refractivity contribution < 1.29 is 4.74 Å². The summed E-state index contributed by atoms with van der Waals surface area (Å²) in [6.45, 7) is 0.378. The molecule has 1 aromatic carbocycles. The minimum absolute atomic E-state index is 0.378. The molecule has 0 aliphatic carbocycles. The molecule has 3 nitrogen and oxygen atoms in total. The van der Waals surface area contributed by atoms with Crippen LogP contribution in [0.15, 0.2) is 27.7 Å². The van der Waals surface area contributed by atoms with E-state index >= 15 is 0 Å². The summed E-state index contributed by atoms with van der Waals surface area (Å²) in [4.78, 5) is 4.14. The molecular weight excluding hydrogens is 220 g/mol. The van der Waals surface area contributed by atoms with Crippen LogP contribution in [0.3, 0.4) is 0 Å². The van der Waals surface area contributed by atoms with Crippen molar-refractivity contribution in [1.82, 2.24) is 0 Å². The number of halogens is 1. The molecule has 1 heterocycles. The third kappa shape index (κ3) is 1.30. The maximum Gasteiger partial charge on any atom is 0.146 e. The molecule has 0 radical (unpaired) electrons. The van der Waals surface area contributed by atoms with Crippen molar-refractivity contribution >= 4 is 27.5 Å². The SMILES string of the molecule is NC1=Nc2ccc(Br)cc2OC1. The molecule has 2 N–H and O–H groups in total. The zero-order chi connectivity index (χ0) is 8.55. The molecule has 0 bridgehead atoms. The second-order valence-electron chi connectivity index (χ2n) is 2.50. The zero-order valence-corrected chi connectivity index (χ0v) is 7.84. The van der Waals surface area contributed by atoms with Gasteiger partial charge < -0.3 is 10.5 Å². The van der Waals surface area contributed by atoms with Gasteiger partial charge in [0.15, 0.2) is 0 Å². The lowest BCUT2D eigenvalue weighted by molar-refractivity contribution is 0.371. The summed E-state index contributed by atoms with van der Waals surface area (Å²) < 4.78 is 6.31. The van der Waals surface area contributed by atoms with E-state index in [1.807, 2.05) is 18.2 Å². The Bertz CT molecular complexity index is 349. The number of hydrogen-bond acceptors (Lipinski definition) is 3. The number of hydrogen-bond donors (Lipinski definition) is 1. The van der Waals surface area contributed by atoms with Gasteiger partial charge in [-0.3, -0.25) is 0 Å². The molecule has 0 aromatic heterocycles. The molecule has 1 aliphatic rings. The summed E-state index contributed by atoms with van der Waals surface area (Å²) in [6.07, 6.45) is 0. The Kier molecular flexibility index (Phi) is 1.77. The first-order valence-electron chi connectivity index (χ1n) is 3.51. The first-order valence-corrected chi connectivity index (χ1v) is 4.30. The van der Waals surface area contributed by atoms with Gasteiger partial charge in [0.25, 0.3) is 0 Å². The Morgan fingerprint density at radius 3 is 3.17 bits per heavy atom. The highest BCUT2D eigenvalue weighted by atomic mass is 79.9. The highest BCUT2D eigenvalue weighted by molar-refractivity contribution is 9.10. The minimum Gasteiger partial charge on any atom is -0.483 e. The third-order valence-corrected chi connectivity index (χ3v) is 2.05. The Morgan fingerprint density at radius 1 is 1.50 bits per heavy atom. The Labute approximate surface area is 78.4 Å². The second kappa shape index (κ2) is 2.79.